The van der Waals surface area contributed by atoms with Gasteiger partial charge in [0.25, 0.3) is 5.56 Å². The zero-order valence-corrected chi connectivity index (χ0v) is 18.1. The highest BCUT2D eigenvalue weighted by molar-refractivity contribution is 7.80. The van der Waals surface area contributed by atoms with Gasteiger partial charge < -0.3 is 24.5 Å². The minimum atomic E-state index is -0.0912. The molecule has 0 spiro atoms. The number of aryl methyl sites for hydroxylation is 1. The molecule has 0 saturated heterocycles. The maximum atomic E-state index is 12.7. The molecule has 0 fully saturated rings. The second-order valence-electron chi connectivity index (χ2n) is 7.69. The van der Waals surface area contributed by atoms with E-state index in [-0.39, 0.29) is 5.56 Å². The Morgan fingerprint density at radius 1 is 1.24 bits per heavy atom. The summed E-state index contributed by atoms with van der Waals surface area (Å²) >= 11 is 5.64. The van der Waals surface area contributed by atoms with Gasteiger partial charge in [0.1, 0.15) is 5.76 Å². The number of H-pyrrole nitrogens is 1. The average Bonchev–Trinajstić information content (AvgIpc) is 3.18. The molecule has 3 aromatic rings. The second kappa shape index (κ2) is 9.71. The average molecular weight is 414 g/mol. The Balaban J connectivity index is 1.78. The third-order valence-electron chi connectivity index (χ3n) is 4.78. The molecule has 2 heterocycles. The quantitative estimate of drug-likeness (QED) is 0.389. The summed E-state index contributed by atoms with van der Waals surface area (Å²) in [5, 5.41) is 4.96. The molecule has 0 atom stereocenters. The molecule has 3 N–H and O–H groups in total. The molecule has 0 unspecified atom stereocenters. The molecule has 2 aromatic heterocycles. The van der Waals surface area contributed by atoms with Crippen LogP contribution in [0.25, 0.3) is 10.9 Å². The molecular formula is C22H29N4O2S+. The van der Waals surface area contributed by atoms with Crippen molar-refractivity contribution < 1.29 is 9.32 Å². The zero-order valence-electron chi connectivity index (χ0n) is 17.2. The van der Waals surface area contributed by atoms with Crippen LogP contribution < -0.4 is 15.8 Å². The van der Waals surface area contributed by atoms with Crippen LogP contribution in [0.1, 0.15) is 23.3 Å². The SMILES string of the molecule is Cc1ccc2cc(CN(Cc3ccco3)C(=S)NCCC[NH+](C)C)c(=O)[nH]c2c1. The minimum Gasteiger partial charge on any atom is -0.467 e. The van der Waals surface area contributed by atoms with E-state index in [1.54, 1.807) is 6.26 Å². The summed E-state index contributed by atoms with van der Waals surface area (Å²) in [6, 6.07) is 11.8. The van der Waals surface area contributed by atoms with Crippen molar-refractivity contribution >= 4 is 28.2 Å². The molecule has 0 aliphatic rings. The number of thiocarbonyl (C=S) groups is 1. The zero-order chi connectivity index (χ0) is 20.8. The number of rotatable bonds is 8. The lowest BCUT2D eigenvalue weighted by Crippen LogP contribution is -3.05. The third kappa shape index (κ3) is 5.92. The maximum absolute atomic E-state index is 12.7. The summed E-state index contributed by atoms with van der Waals surface area (Å²) in [4.78, 5) is 19.0. The highest BCUT2D eigenvalue weighted by Gasteiger charge is 2.15. The number of furan rings is 1. The van der Waals surface area contributed by atoms with Crippen LogP contribution in [0.3, 0.4) is 0 Å². The number of benzene rings is 1. The van der Waals surface area contributed by atoms with E-state index in [1.165, 1.54) is 4.90 Å². The fourth-order valence-corrected chi connectivity index (χ4v) is 3.45. The summed E-state index contributed by atoms with van der Waals surface area (Å²) in [5.74, 6) is 0.805. The van der Waals surface area contributed by atoms with Crippen molar-refractivity contribution in [3.63, 3.8) is 0 Å². The fourth-order valence-electron chi connectivity index (χ4n) is 3.22. The van der Waals surface area contributed by atoms with Crippen LogP contribution in [-0.4, -0.2) is 42.2 Å². The first-order valence-corrected chi connectivity index (χ1v) is 10.3. The van der Waals surface area contributed by atoms with E-state index in [2.05, 4.69) is 24.4 Å². The second-order valence-corrected chi connectivity index (χ2v) is 8.08. The Morgan fingerprint density at radius 2 is 2.07 bits per heavy atom. The van der Waals surface area contributed by atoms with Crippen molar-refractivity contribution in [3.05, 3.63) is 69.9 Å². The number of fused-ring (bicyclic) bond motifs is 1. The van der Waals surface area contributed by atoms with Crippen LogP contribution in [0, 0.1) is 6.92 Å². The molecule has 0 saturated carbocycles. The van der Waals surface area contributed by atoms with E-state index in [9.17, 15) is 4.79 Å². The Bertz CT molecular complexity index is 1010. The lowest BCUT2D eigenvalue weighted by atomic mass is 10.1. The van der Waals surface area contributed by atoms with Gasteiger partial charge in [-0.1, -0.05) is 12.1 Å². The molecule has 0 amide bonds. The molecule has 7 heteroatoms. The maximum Gasteiger partial charge on any atom is 0.253 e. The van der Waals surface area contributed by atoms with Crippen molar-refractivity contribution in [3.8, 4) is 0 Å². The summed E-state index contributed by atoms with van der Waals surface area (Å²) < 4.78 is 5.50. The number of aromatic amines is 1. The summed E-state index contributed by atoms with van der Waals surface area (Å²) in [6.45, 7) is 4.79. The van der Waals surface area contributed by atoms with E-state index < -0.39 is 0 Å². The summed E-state index contributed by atoms with van der Waals surface area (Å²) in [7, 11) is 4.27. The lowest BCUT2D eigenvalue weighted by Gasteiger charge is -2.25. The van der Waals surface area contributed by atoms with Crippen molar-refractivity contribution in [1.29, 1.82) is 0 Å². The van der Waals surface area contributed by atoms with Gasteiger partial charge in [-0.15, -0.1) is 0 Å². The predicted molar refractivity (Wildman–Crippen MR) is 120 cm³/mol. The van der Waals surface area contributed by atoms with Crippen LogP contribution in [0.4, 0.5) is 0 Å². The molecule has 6 nitrogen and oxygen atoms in total. The number of quaternary nitrogens is 1. The van der Waals surface area contributed by atoms with E-state index in [1.807, 2.05) is 48.2 Å². The highest BCUT2D eigenvalue weighted by Crippen LogP contribution is 2.15. The molecule has 0 radical (unpaired) electrons. The van der Waals surface area contributed by atoms with Crippen molar-refractivity contribution in [2.75, 3.05) is 27.2 Å². The third-order valence-corrected chi connectivity index (χ3v) is 5.19. The normalized spacial score (nSPS) is 11.2. The monoisotopic (exact) mass is 413 g/mol. The Kier molecular flexibility index (Phi) is 7.06. The first-order valence-electron chi connectivity index (χ1n) is 9.89. The predicted octanol–water partition coefficient (Wildman–Crippen LogP) is 1.84. The van der Waals surface area contributed by atoms with E-state index in [0.29, 0.717) is 23.8 Å². The number of hydrogen-bond donors (Lipinski definition) is 3. The first kappa shape index (κ1) is 21.1. The lowest BCUT2D eigenvalue weighted by molar-refractivity contribution is -0.858. The van der Waals surface area contributed by atoms with Gasteiger partial charge in [-0.25, -0.2) is 0 Å². The van der Waals surface area contributed by atoms with Crippen LogP contribution in [0.2, 0.25) is 0 Å². The Labute approximate surface area is 176 Å². The molecule has 1 aromatic carbocycles. The fraction of sp³-hybridized carbons (Fsp3) is 0.364. The van der Waals surface area contributed by atoms with Gasteiger partial charge in [0, 0.05) is 24.0 Å². The van der Waals surface area contributed by atoms with Crippen molar-refractivity contribution in [1.82, 2.24) is 15.2 Å². The number of hydrogen-bond acceptors (Lipinski definition) is 3. The van der Waals surface area contributed by atoms with Gasteiger partial charge in [0.15, 0.2) is 5.11 Å². The number of nitrogens with zero attached hydrogens (tertiary/aromatic N) is 1. The van der Waals surface area contributed by atoms with Crippen molar-refractivity contribution in [2.24, 2.45) is 0 Å². The topological polar surface area (TPSA) is 65.7 Å². The van der Waals surface area contributed by atoms with Gasteiger partial charge in [0.05, 0.1) is 40.0 Å². The molecular weight excluding hydrogens is 384 g/mol. The van der Waals surface area contributed by atoms with Gasteiger partial charge in [-0.3, -0.25) is 4.79 Å². The summed E-state index contributed by atoms with van der Waals surface area (Å²) in [5.41, 5.74) is 2.55. The Morgan fingerprint density at radius 3 is 2.79 bits per heavy atom. The summed E-state index contributed by atoms with van der Waals surface area (Å²) in [6.07, 6.45) is 2.67. The first-order chi connectivity index (χ1) is 13.9. The molecule has 3 rings (SSSR count). The van der Waals surface area contributed by atoms with Crippen LogP contribution in [-0.2, 0) is 13.1 Å². The van der Waals surface area contributed by atoms with Crippen LogP contribution in [0.5, 0.6) is 0 Å². The molecule has 154 valence electrons. The Hall–Kier alpha value is -2.64. The number of pyridine rings is 1. The van der Waals surface area contributed by atoms with Gasteiger partial charge in [-0.05, 0) is 54.4 Å². The van der Waals surface area contributed by atoms with Gasteiger partial charge >= 0.3 is 0 Å². The van der Waals surface area contributed by atoms with Crippen molar-refractivity contribution in [2.45, 2.75) is 26.4 Å². The molecule has 0 bridgehead atoms. The van der Waals surface area contributed by atoms with Gasteiger partial charge in [0.2, 0.25) is 0 Å². The minimum absolute atomic E-state index is 0.0912. The number of aromatic nitrogens is 1. The number of nitrogens with one attached hydrogen (secondary N) is 3. The van der Waals surface area contributed by atoms with E-state index in [0.717, 1.165) is 41.7 Å². The van der Waals surface area contributed by atoms with E-state index >= 15 is 0 Å². The molecule has 0 aliphatic heterocycles. The van der Waals surface area contributed by atoms with E-state index in [4.69, 9.17) is 16.6 Å². The highest BCUT2D eigenvalue weighted by atomic mass is 32.1. The molecule has 0 aliphatic carbocycles. The largest absolute Gasteiger partial charge is 0.467 e. The van der Waals surface area contributed by atoms with Gasteiger partial charge in [-0.2, -0.15) is 0 Å². The van der Waals surface area contributed by atoms with Crippen LogP contribution >= 0.6 is 12.2 Å². The van der Waals surface area contributed by atoms with Crippen LogP contribution in [0.15, 0.2) is 51.9 Å². The standard InChI is InChI=1S/C22H28N4O2S/c1-16-7-8-17-13-18(21(27)24-20(17)12-16)14-26(15-19-6-4-11-28-19)22(29)23-9-5-10-25(2)3/h4,6-8,11-13H,5,9-10,14-15H2,1-3H3,(H,23,29)(H,24,27)/p+1. The molecule has 29 heavy (non-hydrogen) atoms. The smallest absolute Gasteiger partial charge is 0.253 e.